The highest BCUT2D eigenvalue weighted by Gasteiger charge is 2.20. The van der Waals surface area contributed by atoms with Crippen molar-refractivity contribution < 1.29 is 13.2 Å². The summed E-state index contributed by atoms with van der Waals surface area (Å²) in [5.74, 6) is -0.0287. The van der Waals surface area contributed by atoms with Crippen molar-refractivity contribution in [3.05, 3.63) is 27.7 Å². The van der Waals surface area contributed by atoms with Crippen molar-refractivity contribution >= 4 is 31.9 Å². The first-order valence-corrected chi connectivity index (χ1v) is 8.51. The normalized spacial score (nSPS) is 13.3. The Morgan fingerprint density at radius 3 is 2.30 bits per heavy atom. The molecule has 0 saturated heterocycles. The monoisotopic (exact) mass is 362 g/mol. The molecule has 0 fully saturated rings. The van der Waals surface area contributed by atoms with Crippen LogP contribution in [0.2, 0.25) is 0 Å². The Morgan fingerprint density at radius 1 is 1.30 bits per heavy atom. The van der Waals surface area contributed by atoms with Crippen LogP contribution < -0.4 is 10.5 Å². The summed E-state index contributed by atoms with van der Waals surface area (Å²) in [5.41, 5.74) is 0.653. The van der Waals surface area contributed by atoms with Gasteiger partial charge in [-0.2, -0.15) is 0 Å². The summed E-state index contributed by atoms with van der Waals surface area (Å²) in [5, 5.41) is 8.01. The molecule has 1 aromatic rings. The minimum Gasteiger partial charge on any atom is -0.349 e. The van der Waals surface area contributed by atoms with Gasteiger partial charge in [0.15, 0.2) is 0 Å². The van der Waals surface area contributed by atoms with E-state index in [2.05, 4.69) is 21.2 Å². The van der Waals surface area contributed by atoms with Gasteiger partial charge in [0.1, 0.15) is 0 Å². The van der Waals surface area contributed by atoms with Crippen LogP contribution in [0.25, 0.3) is 0 Å². The van der Waals surface area contributed by atoms with Crippen molar-refractivity contribution in [2.75, 3.05) is 0 Å². The van der Waals surface area contributed by atoms with E-state index in [9.17, 15) is 13.2 Å². The van der Waals surface area contributed by atoms with Gasteiger partial charge >= 0.3 is 0 Å². The van der Waals surface area contributed by atoms with Gasteiger partial charge in [0.2, 0.25) is 10.0 Å². The van der Waals surface area contributed by atoms with E-state index in [-0.39, 0.29) is 22.8 Å². The number of hydrogen-bond donors (Lipinski definition) is 2. The van der Waals surface area contributed by atoms with Crippen molar-refractivity contribution in [3.8, 4) is 0 Å². The van der Waals surface area contributed by atoms with Crippen molar-refractivity contribution in [1.82, 2.24) is 5.32 Å². The van der Waals surface area contributed by atoms with Crippen LogP contribution in [-0.2, 0) is 10.0 Å². The number of benzene rings is 1. The van der Waals surface area contributed by atoms with E-state index < -0.39 is 10.0 Å². The lowest BCUT2D eigenvalue weighted by molar-refractivity contribution is 0.0929. The molecule has 1 rings (SSSR count). The maximum Gasteiger partial charge on any atom is 0.251 e. The van der Waals surface area contributed by atoms with E-state index in [0.29, 0.717) is 15.6 Å². The van der Waals surface area contributed by atoms with E-state index in [1.807, 2.05) is 20.8 Å². The molecule has 3 N–H and O–H groups in total. The largest absolute Gasteiger partial charge is 0.349 e. The predicted octanol–water partition coefficient (Wildman–Crippen LogP) is 2.18. The zero-order chi connectivity index (χ0) is 15.7. The molecule has 0 aliphatic heterocycles. The van der Waals surface area contributed by atoms with Crippen LogP contribution in [-0.4, -0.2) is 20.4 Å². The fraction of sp³-hybridized carbons (Fsp3) is 0.462. The maximum absolute atomic E-state index is 12.2. The molecule has 5 nitrogen and oxygen atoms in total. The van der Waals surface area contributed by atoms with Crippen LogP contribution in [0.15, 0.2) is 21.5 Å². The predicted molar refractivity (Wildman–Crippen MR) is 82.0 cm³/mol. The molecular formula is C13H19BrN2O3S. The van der Waals surface area contributed by atoms with Crippen LogP contribution in [0.5, 0.6) is 0 Å². The molecular weight excluding hydrogens is 344 g/mol. The lowest BCUT2D eigenvalue weighted by Gasteiger charge is -2.19. The van der Waals surface area contributed by atoms with Gasteiger partial charge in [0.05, 0.1) is 4.90 Å². The number of hydrogen-bond acceptors (Lipinski definition) is 3. The van der Waals surface area contributed by atoms with Crippen molar-refractivity contribution in [1.29, 1.82) is 0 Å². The van der Waals surface area contributed by atoms with Crippen molar-refractivity contribution in [2.24, 2.45) is 11.1 Å². The molecule has 0 radical (unpaired) electrons. The van der Waals surface area contributed by atoms with E-state index in [4.69, 9.17) is 5.14 Å². The Bertz CT molecular complexity index is 627. The smallest absolute Gasteiger partial charge is 0.251 e. The second kappa shape index (κ2) is 6.24. The number of primary sulfonamides is 1. The Kier molecular flexibility index (Phi) is 5.34. The highest BCUT2D eigenvalue weighted by Crippen LogP contribution is 2.24. The molecule has 0 aliphatic rings. The Balaban J connectivity index is 3.26. The number of carbonyl (C=O) groups excluding carboxylic acids is 1. The number of carbonyl (C=O) groups is 1. The molecule has 0 aromatic heterocycles. The van der Waals surface area contributed by atoms with E-state index in [1.165, 1.54) is 6.07 Å². The summed E-state index contributed by atoms with van der Waals surface area (Å²) >= 11 is 3.20. The van der Waals surface area contributed by atoms with Crippen LogP contribution >= 0.6 is 15.9 Å². The fourth-order valence-corrected chi connectivity index (χ4v) is 3.07. The molecule has 1 unspecified atom stereocenters. The Morgan fingerprint density at radius 2 is 1.85 bits per heavy atom. The number of amides is 1. The SMILES string of the molecule is Cc1c(C(=O)NC(C)C(C)C)cc(Br)cc1S(N)(=O)=O. The molecule has 20 heavy (non-hydrogen) atoms. The molecule has 112 valence electrons. The van der Waals surface area contributed by atoms with Gasteiger partial charge in [0.25, 0.3) is 5.91 Å². The van der Waals surface area contributed by atoms with Gasteiger partial charge in [-0.25, -0.2) is 13.6 Å². The third kappa shape index (κ3) is 4.04. The fourth-order valence-electron chi connectivity index (χ4n) is 1.64. The molecule has 1 amide bonds. The molecule has 0 heterocycles. The minimum atomic E-state index is -3.87. The zero-order valence-corrected chi connectivity index (χ0v) is 14.3. The average molecular weight is 363 g/mol. The highest BCUT2D eigenvalue weighted by atomic mass is 79.9. The van der Waals surface area contributed by atoms with Crippen LogP contribution in [0.4, 0.5) is 0 Å². The highest BCUT2D eigenvalue weighted by molar-refractivity contribution is 9.10. The van der Waals surface area contributed by atoms with E-state index >= 15 is 0 Å². The lowest BCUT2D eigenvalue weighted by atomic mass is 10.0. The molecule has 0 spiro atoms. The summed E-state index contributed by atoms with van der Waals surface area (Å²) in [6.45, 7) is 7.46. The first-order valence-electron chi connectivity index (χ1n) is 6.18. The summed E-state index contributed by atoms with van der Waals surface area (Å²) in [4.78, 5) is 12.2. The quantitative estimate of drug-likeness (QED) is 0.859. The summed E-state index contributed by atoms with van der Waals surface area (Å²) in [7, 11) is -3.87. The zero-order valence-electron chi connectivity index (χ0n) is 11.9. The van der Waals surface area contributed by atoms with E-state index in [0.717, 1.165) is 0 Å². The first kappa shape index (κ1) is 17.1. The van der Waals surface area contributed by atoms with Crippen molar-refractivity contribution in [2.45, 2.75) is 38.6 Å². The van der Waals surface area contributed by atoms with Gasteiger partial charge in [0, 0.05) is 16.1 Å². The first-order chi connectivity index (χ1) is 9.04. The van der Waals surface area contributed by atoms with Gasteiger partial charge < -0.3 is 5.32 Å². The molecule has 1 aromatic carbocycles. The summed E-state index contributed by atoms with van der Waals surface area (Å²) in [6, 6.07) is 2.97. The molecule has 0 saturated carbocycles. The van der Waals surface area contributed by atoms with Crippen LogP contribution in [0, 0.1) is 12.8 Å². The van der Waals surface area contributed by atoms with Crippen molar-refractivity contribution in [3.63, 3.8) is 0 Å². The number of rotatable bonds is 4. The molecule has 0 bridgehead atoms. The number of nitrogens with two attached hydrogens (primary N) is 1. The summed E-state index contributed by atoms with van der Waals surface area (Å²) in [6.07, 6.45) is 0. The van der Waals surface area contributed by atoms with Crippen LogP contribution in [0.3, 0.4) is 0 Å². The van der Waals surface area contributed by atoms with Gasteiger partial charge in [-0.15, -0.1) is 0 Å². The molecule has 1 atom stereocenters. The standard InChI is InChI=1S/C13H19BrN2O3S/c1-7(2)9(4)16-13(17)11-5-10(14)6-12(8(11)3)20(15,18)19/h5-7,9H,1-4H3,(H,16,17)(H2,15,18,19). The molecule has 7 heteroatoms. The van der Waals surface area contributed by atoms with Crippen LogP contribution in [0.1, 0.15) is 36.7 Å². The summed E-state index contributed by atoms with van der Waals surface area (Å²) < 4.78 is 23.6. The van der Waals surface area contributed by atoms with Gasteiger partial charge in [-0.3, -0.25) is 4.79 Å². The number of sulfonamides is 1. The Hall–Kier alpha value is -0.920. The minimum absolute atomic E-state index is 0.0150. The third-order valence-electron chi connectivity index (χ3n) is 3.23. The lowest BCUT2D eigenvalue weighted by Crippen LogP contribution is -2.36. The number of halogens is 1. The molecule has 0 aliphatic carbocycles. The van der Waals surface area contributed by atoms with Gasteiger partial charge in [-0.05, 0) is 37.5 Å². The second-order valence-corrected chi connectivity index (χ2v) is 7.57. The van der Waals surface area contributed by atoms with Gasteiger partial charge in [-0.1, -0.05) is 29.8 Å². The maximum atomic E-state index is 12.2. The Labute approximate surface area is 128 Å². The average Bonchev–Trinajstić information content (AvgIpc) is 2.29. The topological polar surface area (TPSA) is 89.3 Å². The number of nitrogens with one attached hydrogen (secondary N) is 1. The van der Waals surface area contributed by atoms with E-state index in [1.54, 1.807) is 13.0 Å². The third-order valence-corrected chi connectivity index (χ3v) is 4.73. The second-order valence-electron chi connectivity index (χ2n) is 5.13.